The van der Waals surface area contributed by atoms with Gasteiger partial charge in [0.25, 0.3) is 0 Å². The van der Waals surface area contributed by atoms with Crippen molar-refractivity contribution in [1.29, 1.82) is 0 Å². The minimum atomic E-state index is -2.19. The number of anilines is 3. The quantitative estimate of drug-likeness (QED) is 0.0882. The van der Waals surface area contributed by atoms with Gasteiger partial charge in [0.2, 0.25) is 5.82 Å². The minimum absolute atomic E-state index is 0.0863. The second kappa shape index (κ2) is 14.7. The van der Waals surface area contributed by atoms with Gasteiger partial charge in [0.05, 0.1) is 11.3 Å². The molecule has 59 heavy (non-hydrogen) atoms. The first-order valence-corrected chi connectivity index (χ1v) is 19.8. The molecule has 284 valence electrons. The number of hydrogen-bond donors (Lipinski definition) is 0. The summed E-state index contributed by atoms with van der Waals surface area (Å²) in [4.78, 5) is 2.14. The fraction of sp³-hybridized carbons (Fsp3) is 0. The summed E-state index contributed by atoms with van der Waals surface area (Å²) in [5, 5.41) is 2.41. The van der Waals surface area contributed by atoms with Crippen LogP contribution in [-0.2, 0) is 0 Å². The molecular formula is C52H30F5NS. The van der Waals surface area contributed by atoms with Gasteiger partial charge in [-0.2, -0.15) is 0 Å². The van der Waals surface area contributed by atoms with E-state index in [0.717, 1.165) is 65.2 Å². The van der Waals surface area contributed by atoms with Gasteiger partial charge in [-0.1, -0.05) is 140 Å². The van der Waals surface area contributed by atoms with Gasteiger partial charge >= 0.3 is 0 Å². The molecule has 0 aliphatic heterocycles. The zero-order valence-corrected chi connectivity index (χ0v) is 31.9. The zero-order valence-electron chi connectivity index (χ0n) is 31.1. The molecule has 0 atom stereocenters. The second-order valence-electron chi connectivity index (χ2n) is 14.3. The van der Waals surface area contributed by atoms with Crippen molar-refractivity contribution in [3.8, 4) is 44.5 Å². The lowest BCUT2D eigenvalue weighted by Gasteiger charge is -2.27. The summed E-state index contributed by atoms with van der Waals surface area (Å²) in [6.07, 6.45) is 0. The average Bonchev–Trinajstić information content (AvgIpc) is 3.68. The van der Waals surface area contributed by atoms with E-state index in [2.05, 4.69) is 102 Å². The molecular weight excluding hydrogens is 766 g/mol. The van der Waals surface area contributed by atoms with E-state index in [4.69, 9.17) is 0 Å². The van der Waals surface area contributed by atoms with E-state index >= 15 is 8.78 Å². The maximum atomic E-state index is 15.6. The fourth-order valence-corrected chi connectivity index (χ4v) is 9.26. The summed E-state index contributed by atoms with van der Waals surface area (Å²) >= 11 is 1.51. The molecule has 10 aromatic rings. The Morgan fingerprint density at radius 3 is 1.29 bits per heavy atom. The van der Waals surface area contributed by atoms with E-state index < -0.39 is 34.6 Å². The van der Waals surface area contributed by atoms with Crippen molar-refractivity contribution in [1.82, 2.24) is 0 Å². The Kier molecular flexibility index (Phi) is 9.03. The van der Waals surface area contributed by atoms with Gasteiger partial charge in [0, 0.05) is 36.9 Å². The lowest BCUT2D eigenvalue weighted by Crippen LogP contribution is -2.10. The molecule has 0 saturated heterocycles. The molecule has 0 radical (unpaired) electrons. The van der Waals surface area contributed by atoms with Crippen LogP contribution < -0.4 is 4.90 Å². The summed E-state index contributed by atoms with van der Waals surface area (Å²) in [7, 11) is 0. The molecule has 0 bridgehead atoms. The van der Waals surface area contributed by atoms with Crippen LogP contribution in [-0.4, -0.2) is 0 Å². The van der Waals surface area contributed by atoms with Crippen LogP contribution in [0.3, 0.4) is 0 Å². The van der Waals surface area contributed by atoms with Crippen LogP contribution in [0.2, 0.25) is 0 Å². The van der Waals surface area contributed by atoms with Crippen LogP contribution in [0.15, 0.2) is 182 Å². The van der Waals surface area contributed by atoms with Crippen molar-refractivity contribution in [2.24, 2.45) is 0 Å². The molecule has 10 rings (SSSR count). The molecule has 0 spiro atoms. The van der Waals surface area contributed by atoms with E-state index in [-0.39, 0.29) is 5.56 Å². The highest BCUT2D eigenvalue weighted by Crippen LogP contribution is 2.49. The zero-order chi connectivity index (χ0) is 40.2. The van der Waals surface area contributed by atoms with Crippen LogP contribution in [0.25, 0.3) is 75.5 Å². The number of fused-ring (bicyclic) bond motifs is 5. The molecule has 0 unspecified atom stereocenters. The van der Waals surface area contributed by atoms with Crippen molar-refractivity contribution in [2.45, 2.75) is 0 Å². The van der Waals surface area contributed by atoms with Crippen LogP contribution in [0.1, 0.15) is 0 Å². The number of hydrogen-bond acceptors (Lipinski definition) is 2. The molecule has 1 aromatic heterocycles. The number of benzene rings is 9. The Morgan fingerprint density at radius 1 is 0.356 bits per heavy atom. The topological polar surface area (TPSA) is 3.24 Å². The maximum Gasteiger partial charge on any atom is 0.200 e. The van der Waals surface area contributed by atoms with Crippen LogP contribution >= 0.6 is 11.3 Å². The van der Waals surface area contributed by atoms with Gasteiger partial charge in [0.1, 0.15) is 0 Å². The van der Waals surface area contributed by atoms with E-state index in [1.807, 2.05) is 60.7 Å². The molecule has 1 nitrogen and oxygen atoms in total. The lowest BCUT2D eigenvalue weighted by molar-refractivity contribution is 0.381. The largest absolute Gasteiger partial charge is 0.310 e. The van der Waals surface area contributed by atoms with Crippen LogP contribution in [0, 0.1) is 29.1 Å². The van der Waals surface area contributed by atoms with Crippen molar-refractivity contribution < 1.29 is 22.0 Å². The minimum Gasteiger partial charge on any atom is -0.310 e. The summed E-state index contributed by atoms with van der Waals surface area (Å²) in [6.45, 7) is 0. The monoisotopic (exact) mass is 795 g/mol. The Hall–Kier alpha value is -7.09. The van der Waals surface area contributed by atoms with E-state index in [9.17, 15) is 13.2 Å². The van der Waals surface area contributed by atoms with Gasteiger partial charge in [-0.15, -0.1) is 11.3 Å². The average molecular weight is 796 g/mol. The maximum absolute atomic E-state index is 15.6. The molecule has 0 amide bonds. The molecule has 9 aromatic carbocycles. The van der Waals surface area contributed by atoms with Crippen molar-refractivity contribution in [3.05, 3.63) is 211 Å². The number of thiophene rings is 1. The van der Waals surface area contributed by atoms with Gasteiger partial charge in [-0.05, 0) is 86.8 Å². The van der Waals surface area contributed by atoms with Gasteiger partial charge in [-0.25, -0.2) is 22.0 Å². The Balaban J connectivity index is 1.17. The highest BCUT2D eigenvalue weighted by atomic mass is 32.1. The normalized spacial score (nSPS) is 11.5. The SMILES string of the molecule is Fc1c(F)c(F)c(-c2cc3c(sc4cccc(N(c5ccc(-c6ccccc6)cc5)c5ccc(-c6ccc(-c7ccccc7)cc6)cc5)c43)c3ccccc23)c(F)c1F. The standard InChI is InChI=1S/C52H30F5NS/c53-47-46(48(54)50(56)51(57)49(47)55)41-30-42-45-43(16-9-17-44(45)59-52(42)40-15-8-7-14-39(40)41)58(37-26-22-35(23-27-37)32-12-5-2-6-13-32)38-28-24-36(25-29-38)34-20-18-33(19-21-34)31-10-3-1-4-11-31/h1-30H. The van der Waals surface area contributed by atoms with E-state index in [1.165, 1.54) is 11.3 Å². The predicted molar refractivity (Wildman–Crippen MR) is 233 cm³/mol. The Labute approximate surface area is 340 Å². The van der Waals surface area contributed by atoms with Crippen LogP contribution in [0.4, 0.5) is 39.0 Å². The summed E-state index contributed by atoms with van der Waals surface area (Å²) in [5.41, 5.74) is 7.93. The Bertz CT molecular complexity index is 3150. The number of nitrogens with zero attached hydrogens (tertiary/aromatic N) is 1. The molecule has 0 fully saturated rings. The number of rotatable bonds is 7. The molecule has 0 saturated carbocycles. The van der Waals surface area contributed by atoms with Crippen molar-refractivity contribution >= 4 is 59.3 Å². The highest BCUT2D eigenvalue weighted by Gasteiger charge is 2.29. The lowest BCUT2D eigenvalue weighted by atomic mass is 9.94. The molecule has 7 heteroatoms. The first-order chi connectivity index (χ1) is 28.9. The molecule has 0 aliphatic carbocycles. The Morgan fingerprint density at radius 2 is 0.780 bits per heavy atom. The smallest absolute Gasteiger partial charge is 0.200 e. The van der Waals surface area contributed by atoms with E-state index in [1.54, 1.807) is 24.3 Å². The third-order valence-electron chi connectivity index (χ3n) is 10.9. The van der Waals surface area contributed by atoms with Gasteiger partial charge in [-0.3, -0.25) is 0 Å². The highest BCUT2D eigenvalue weighted by molar-refractivity contribution is 7.26. The van der Waals surface area contributed by atoms with E-state index in [0.29, 0.717) is 16.2 Å². The first kappa shape index (κ1) is 36.3. The fourth-order valence-electron chi connectivity index (χ4n) is 8.01. The van der Waals surface area contributed by atoms with Crippen molar-refractivity contribution in [2.75, 3.05) is 4.90 Å². The first-order valence-electron chi connectivity index (χ1n) is 19.0. The second-order valence-corrected chi connectivity index (χ2v) is 15.3. The summed E-state index contributed by atoms with van der Waals surface area (Å²) in [5.74, 6) is -9.91. The summed E-state index contributed by atoms with van der Waals surface area (Å²) in [6, 6.07) is 59.8. The van der Waals surface area contributed by atoms with Crippen LogP contribution in [0.5, 0.6) is 0 Å². The molecule has 0 N–H and O–H groups in total. The third-order valence-corrected chi connectivity index (χ3v) is 12.1. The van der Waals surface area contributed by atoms with Crippen molar-refractivity contribution in [3.63, 3.8) is 0 Å². The van der Waals surface area contributed by atoms with Gasteiger partial charge < -0.3 is 4.90 Å². The van der Waals surface area contributed by atoms with Gasteiger partial charge in [0.15, 0.2) is 23.3 Å². The number of halogens is 5. The third kappa shape index (κ3) is 6.22. The molecule has 1 heterocycles. The molecule has 0 aliphatic rings. The summed E-state index contributed by atoms with van der Waals surface area (Å²) < 4.78 is 76.7. The predicted octanol–water partition coefficient (Wildman–Crippen LogP) is 16.0.